The van der Waals surface area contributed by atoms with Crippen molar-refractivity contribution in [3.8, 4) is 5.75 Å². The predicted octanol–water partition coefficient (Wildman–Crippen LogP) is 3.05. The van der Waals surface area contributed by atoms with Gasteiger partial charge in [0.05, 0.1) is 19.0 Å². The molecule has 26 heavy (non-hydrogen) atoms. The van der Waals surface area contributed by atoms with Crippen LogP contribution in [0.1, 0.15) is 23.6 Å². The quantitative estimate of drug-likeness (QED) is 0.573. The monoisotopic (exact) mass is 419 g/mol. The molecule has 0 spiro atoms. The maximum Gasteiger partial charge on any atom is 0.312 e. The summed E-state index contributed by atoms with van der Waals surface area (Å²) in [5.74, 6) is 0.559. The zero-order valence-electron chi connectivity index (χ0n) is 14.5. The van der Waals surface area contributed by atoms with Crippen molar-refractivity contribution in [3.05, 3.63) is 64.1 Å². The number of primary amides is 1. The number of amides is 3. The molecule has 0 unspecified atom stereocenters. The van der Waals surface area contributed by atoms with E-state index in [9.17, 15) is 9.59 Å². The molecule has 0 heterocycles. The standard InChI is InChI=1S/C19H22BrN3O3/c1-13-5-7-16(8-6-13)26-10-9-22-18(24)12-17(23-19(21)25)14-3-2-4-15(20)11-14/h2-8,11,17H,9-10,12H2,1H3,(H,22,24)(H3,21,23,25)/t17-/m1/s1. The van der Waals surface area contributed by atoms with Crippen molar-refractivity contribution in [2.24, 2.45) is 5.73 Å². The van der Waals surface area contributed by atoms with E-state index >= 15 is 0 Å². The van der Waals surface area contributed by atoms with Gasteiger partial charge in [0.15, 0.2) is 0 Å². The molecule has 6 nitrogen and oxygen atoms in total. The fourth-order valence-corrected chi connectivity index (χ4v) is 2.82. The van der Waals surface area contributed by atoms with Crippen molar-refractivity contribution in [3.63, 3.8) is 0 Å². The van der Waals surface area contributed by atoms with E-state index in [4.69, 9.17) is 10.5 Å². The Balaban J connectivity index is 1.82. The van der Waals surface area contributed by atoms with Crippen LogP contribution in [0.15, 0.2) is 53.0 Å². The number of rotatable bonds is 8. The average molecular weight is 420 g/mol. The van der Waals surface area contributed by atoms with Gasteiger partial charge in [0.25, 0.3) is 0 Å². The molecule has 4 N–H and O–H groups in total. The molecule has 7 heteroatoms. The van der Waals surface area contributed by atoms with Crippen molar-refractivity contribution in [1.29, 1.82) is 0 Å². The summed E-state index contributed by atoms with van der Waals surface area (Å²) in [6, 6.07) is 13.9. The Morgan fingerprint density at radius 3 is 2.58 bits per heavy atom. The summed E-state index contributed by atoms with van der Waals surface area (Å²) in [5.41, 5.74) is 7.18. The SMILES string of the molecule is Cc1ccc(OCCNC(=O)C[C@@H](NC(N)=O)c2cccc(Br)c2)cc1. The van der Waals surface area contributed by atoms with Gasteiger partial charge in [0.2, 0.25) is 5.91 Å². The molecular formula is C19H22BrN3O3. The Morgan fingerprint density at radius 2 is 1.92 bits per heavy atom. The summed E-state index contributed by atoms with van der Waals surface area (Å²) in [5, 5.41) is 5.39. The van der Waals surface area contributed by atoms with Crippen LogP contribution in [-0.2, 0) is 4.79 Å². The molecule has 3 amide bonds. The van der Waals surface area contributed by atoms with E-state index in [-0.39, 0.29) is 12.3 Å². The molecule has 2 aromatic carbocycles. The van der Waals surface area contributed by atoms with E-state index in [1.54, 1.807) is 0 Å². The predicted molar refractivity (Wildman–Crippen MR) is 104 cm³/mol. The number of halogens is 1. The minimum absolute atomic E-state index is 0.0872. The number of nitrogens with one attached hydrogen (secondary N) is 2. The zero-order valence-corrected chi connectivity index (χ0v) is 16.1. The summed E-state index contributed by atoms with van der Waals surface area (Å²) in [6.07, 6.45) is 0.0872. The molecule has 0 aliphatic rings. The first-order chi connectivity index (χ1) is 12.4. The lowest BCUT2D eigenvalue weighted by Crippen LogP contribution is -2.37. The average Bonchev–Trinajstić information content (AvgIpc) is 2.59. The highest BCUT2D eigenvalue weighted by Gasteiger charge is 2.17. The number of aryl methyl sites for hydroxylation is 1. The van der Waals surface area contributed by atoms with Crippen molar-refractivity contribution in [2.45, 2.75) is 19.4 Å². The van der Waals surface area contributed by atoms with Crippen LogP contribution in [-0.4, -0.2) is 25.1 Å². The largest absolute Gasteiger partial charge is 0.492 e. The third-order valence-electron chi connectivity index (χ3n) is 3.67. The number of nitrogens with two attached hydrogens (primary N) is 1. The summed E-state index contributed by atoms with van der Waals surface area (Å²) < 4.78 is 6.43. The third kappa shape index (κ3) is 6.76. The van der Waals surface area contributed by atoms with Crippen LogP contribution < -0.4 is 21.1 Å². The highest BCUT2D eigenvalue weighted by atomic mass is 79.9. The molecule has 0 fully saturated rings. The normalized spacial score (nSPS) is 11.5. The zero-order chi connectivity index (χ0) is 18.9. The third-order valence-corrected chi connectivity index (χ3v) is 4.16. The Bertz CT molecular complexity index is 750. The van der Waals surface area contributed by atoms with Gasteiger partial charge in [-0.05, 0) is 36.8 Å². The smallest absolute Gasteiger partial charge is 0.312 e. The van der Waals surface area contributed by atoms with Crippen LogP contribution >= 0.6 is 15.9 Å². The van der Waals surface area contributed by atoms with Crippen molar-refractivity contribution >= 4 is 27.9 Å². The van der Waals surface area contributed by atoms with Crippen molar-refractivity contribution < 1.29 is 14.3 Å². The van der Waals surface area contributed by atoms with E-state index in [0.29, 0.717) is 13.2 Å². The van der Waals surface area contributed by atoms with E-state index in [0.717, 1.165) is 21.3 Å². The molecule has 0 bridgehead atoms. The number of ether oxygens (including phenoxy) is 1. The molecule has 138 valence electrons. The fraction of sp³-hybridized carbons (Fsp3) is 0.263. The first-order valence-corrected chi connectivity index (χ1v) is 9.01. The number of urea groups is 1. The topological polar surface area (TPSA) is 93.4 Å². The first-order valence-electron chi connectivity index (χ1n) is 8.21. The second kappa shape index (κ2) is 9.82. The van der Waals surface area contributed by atoms with Gasteiger partial charge < -0.3 is 21.1 Å². The number of hydrogen-bond acceptors (Lipinski definition) is 3. The number of benzene rings is 2. The van der Waals surface area contributed by atoms with Gasteiger partial charge in [-0.1, -0.05) is 45.8 Å². The van der Waals surface area contributed by atoms with E-state index in [1.807, 2.05) is 55.5 Å². The number of carbonyl (C=O) groups is 2. The lowest BCUT2D eigenvalue weighted by Gasteiger charge is -2.18. The Labute approximate surface area is 161 Å². The molecule has 0 aliphatic heterocycles. The van der Waals surface area contributed by atoms with Gasteiger partial charge in [0.1, 0.15) is 12.4 Å². The summed E-state index contributed by atoms with van der Waals surface area (Å²) >= 11 is 3.38. The van der Waals surface area contributed by atoms with E-state index in [2.05, 4.69) is 26.6 Å². The maximum atomic E-state index is 12.2. The highest BCUT2D eigenvalue weighted by Crippen LogP contribution is 2.20. The van der Waals surface area contributed by atoms with Gasteiger partial charge in [-0.25, -0.2) is 4.79 Å². The fourth-order valence-electron chi connectivity index (χ4n) is 2.40. The summed E-state index contributed by atoms with van der Waals surface area (Å²) in [7, 11) is 0. The second-order valence-corrected chi connectivity index (χ2v) is 6.75. The van der Waals surface area contributed by atoms with Crippen LogP contribution in [0.5, 0.6) is 5.75 Å². The van der Waals surface area contributed by atoms with Crippen LogP contribution in [0, 0.1) is 6.92 Å². The van der Waals surface area contributed by atoms with Crippen LogP contribution in [0.4, 0.5) is 4.79 Å². The molecule has 0 saturated heterocycles. The Hall–Kier alpha value is -2.54. The molecule has 0 aliphatic carbocycles. The van der Waals surface area contributed by atoms with Crippen LogP contribution in [0.25, 0.3) is 0 Å². The molecule has 0 radical (unpaired) electrons. The number of hydrogen-bond donors (Lipinski definition) is 3. The van der Waals surface area contributed by atoms with Crippen LogP contribution in [0.2, 0.25) is 0 Å². The van der Waals surface area contributed by atoms with Gasteiger partial charge in [-0.2, -0.15) is 0 Å². The molecule has 1 atom stereocenters. The maximum absolute atomic E-state index is 12.2. The summed E-state index contributed by atoms with van der Waals surface area (Å²) in [4.78, 5) is 23.4. The lowest BCUT2D eigenvalue weighted by molar-refractivity contribution is -0.121. The lowest BCUT2D eigenvalue weighted by atomic mass is 10.0. The molecule has 2 aromatic rings. The Morgan fingerprint density at radius 1 is 1.19 bits per heavy atom. The van der Waals surface area contributed by atoms with Gasteiger partial charge in [-0.3, -0.25) is 4.79 Å². The number of carbonyl (C=O) groups excluding carboxylic acids is 2. The molecular weight excluding hydrogens is 398 g/mol. The summed E-state index contributed by atoms with van der Waals surface area (Å²) in [6.45, 7) is 2.74. The minimum Gasteiger partial charge on any atom is -0.492 e. The van der Waals surface area contributed by atoms with Crippen molar-refractivity contribution in [1.82, 2.24) is 10.6 Å². The first kappa shape index (κ1) is 19.8. The van der Waals surface area contributed by atoms with E-state index in [1.165, 1.54) is 0 Å². The molecule has 0 saturated carbocycles. The second-order valence-electron chi connectivity index (χ2n) is 5.83. The van der Waals surface area contributed by atoms with Crippen molar-refractivity contribution in [2.75, 3.05) is 13.2 Å². The molecule has 2 rings (SSSR count). The van der Waals surface area contributed by atoms with E-state index < -0.39 is 12.1 Å². The highest BCUT2D eigenvalue weighted by molar-refractivity contribution is 9.10. The van der Waals surface area contributed by atoms with Gasteiger partial charge in [0, 0.05) is 4.47 Å². The van der Waals surface area contributed by atoms with Crippen LogP contribution in [0.3, 0.4) is 0 Å². The minimum atomic E-state index is -0.675. The molecule has 0 aromatic heterocycles. The van der Waals surface area contributed by atoms with Gasteiger partial charge >= 0.3 is 6.03 Å². The Kier molecular flexibility index (Phi) is 7.47. The van der Waals surface area contributed by atoms with Gasteiger partial charge in [-0.15, -0.1) is 0 Å².